The van der Waals surface area contributed by atoms with E-state index in [2.05, 4.69) is 31.2 Å². The highest BCUT2D eigenvalue weighted by molar-refractivity contribution is 6.30. The van der Waals surface area contributed by atoms with Crippen LogP contribution >= 0.6 is 23.2 Å². The minimum Gasteiger partial charge on any atom is -0.484 e. The minimum absolute atomic E-state index is 0.108. The molecule has 50 heavy (non-hydrogen) atoms. The number of rotatable bonds is 15. The molecule has 0 spiro atoms. The van der Waals surface area contributed by atoms with E-state index < -0.39 is 29.9 Å². The van der Waals surface area contributed by atoms with E-state index in [-0.39, 0.29) is 58.8 Å². The number of halogens is 2. The summed E-state index contributed by atoms with van der Waals surface area (Å²) in [6.07, 6.45) is 1.35. The highest BCUT2D eigenvalue weighted by Crippen LogP contribution is 2.29. The van der Waals surface area contributed by atoms with Crippen LogP contribution in [-0.4, -0.2) is 59.3 Å². The highest BCUT2D eigenvalue weighted by Gasteiger charge is 2.27. The van der Waals surface area contributed by atoms with Crippen molar-refractivity contribution in [2.45, 2.75) is 64.3 Å². The van der Waals surface area contributed by atoms with Gasteiger partial charge in [-0.2, -0.15) is 0 Å². The van der Waals surface area contributed by atoms with E-state index in [1.54, 1.807) is 31.2 Å². The maximum Gasteiger partial charge on any atom is 0.271 e. The summed E-state index contributed by atoms with van der Waals surface area (Å²) in [5.41, 5.74) is 2.25. The van der Waals surface area contributed by atoms with E-state index in [9.17, 15) is 19.2 Å². The number of carbonyl (C=O) groups is 4. The van der Waals surface area contributed by atoms with Crippen LogP contribution in [0.4, 0.5) is 0 Å². The number of carbonyl (C=O) groups excluding carboxylic acids is 4. The average Bonchev–Trinajstić information content (AvgIpc) is 3.64. The van der Waals surface area contributed by atoms with Gasteiger partial charge in [0.1, 0.15) is 35.0 Å². The van der Waals surface area contributed by atoms with E-state index in [0.29, 0.717) is 16.5 Å². The first-order valence-corrected chi connectivity index (χ1v) is 17.1. The quantitative estimate of drug-likeness (QED) is 0.0865. The first-order chi connectivity index (χ1) is 23.9. The van der Waals surface area contributed by atoms with Gasteiger partial charge in [-0.15, -0.1) is 0 Å². The van der Waals surface area contributed by atoms with Crippen molar-refractivity contribution in [1.82, 2.24) is 31.2 Å². The summed E-state index contributed by atoms with van der Waals surface area (Å²) >= 11 is 12.0. The molecule has 12 nitrogen and oxygen atoms in total. The zero-order chi connectivity index (χ0) is 35.9. The molecule has 1 aliphatic rings. The van der Waals surface area contributed by atoms with Crippen LogP contribution in [0.25, 0.3) is 0 Å². The molecule has 0 aliphatic heterocycles. The summed E-state index contributed by atoms with van der Waals surface area (Å²) in [5.74, 6) is -1.23. The first-order valence-electron chi connectivity index (χ1n) is 16.3. The average molecular weight is 724 g/mol. The lowest BCUT2D eigenvalue weighted by molar-refractivity contribution is 0.0928. The number of ether oxygens (including phenoxy) is 2. The Hall–Kier alpha value is -4.94. The highest BCUT2D eigenvalue weighted by atomic mass is 35.5. The standard InChI is InChI=1S/C36H40Cl2N6O6/c1-19(41-33(45)27-17-29(31(43-27)35(47)39-4)49-20(2)22-5-9-24(37)10-6-22)15-16-40-36(48)32-30(18-28(44-32)34(46)42-26-13-14-26)50-21(3)23-7-11-25(38)12-8-23/h5-12,17-21,26,43-44H,13-16H2,1-4H3,(H,39,47)(H,40,48)(H,41,45)(H,42,46). The van der Waals surface area contributed by atoms with Gasteiger partial charge in [0.2, 0.25) is 0 Å². The van der Waals surface area contributed by atoms with Gasteiger partial charge >= 0.3 is 0 Å². The molecule has 1 aliphatic carbocycles. The van der Waals surface area contributed by atoms with Crippen molar-refractivity contribution in [3.8, 4) is 11.5 Å². The molecular weight excluding hydrogens is 683 g/mol. The van der Waals surface area contributed by atoms with Gasteiger partial charge in [-0.05, 0) is 75.4 Å². The summed E-state index contributed by atoms with van der Waals surface area (Å²) in [7, 11) is 1.48. The topological polar surface area (TPSA) is 166 Å². The third kappa shape index (κ3) is 9.39. The van der Waals surface area contributed by atoms with E-state index >= 15 is 0 Å². The normalized spacial score (nSPS) is 14.2. The molecule has 2 heterocycles. The van der Waals surface area contributed by atoms with Gasteiger partial charge in [0.25, 0.3) is 23.6 Å². The van der Waals surface area contributed by atoms with Crippen molar-refractivity contribution in [2.24, 2.45) is 0 Å². The van der Waals surface area contributed by atoms with Crippen LogP contribution in [0.5, 0.6) is 11.5 Å². The molecule has 0 radical (unpaired) electrons. The van der Waals surface area contributed by atoms with Crippen molar-refractivity contribution in [1.29, 1.82) is 0 Å². The summed E-state index contributed by atoms with van der Waals surface area (Å²) in [6, 6.07) is 17.1. The largest absolute Gasteiger partial charge is 0.484 e. The summed E-state index contributed by atoms with van der Waals surface area (Å²) in [6.45, 7) is 5.66. The number of amides is 4. The molecule has 1 fully saturated rings. The number of aromatic nitrogens is 2. The smallest absolute Gasteiger partial charge is 0.271 e. The fraction of sp³-hybridized carbons (Fsp3) is 0.333. The zero-order valence-electron chi connectivity index (χ0n) is 28.1. The van der Waals surface area contributed by atoms with E-state index in [4.69, 9.17) is 32.7 Å². The predicted octanol–water partition coefficient (Wildman–Crippen LogP) is 6.12. The Morgan fingerprint density at radius 2 is 1.22 bits per heavy atom. The molecule has 4 aromatic rings. The first kappa shape index (κ1) is 36.3. The molecule has 3 unspecified atom stereocenters. The molecule has 4 amide bonds. The van der Waals surface area contributed by atoms with Crippen molar-refractivity contribution >= 4 is 46.8 Å². The van der Waals surface area contributed by atoms with Gasteiger partial charge in [-0.25, -0.2) is 0 Å². The Morgan fingerprint density at radius 1 is 0.740 bits per heavy atom. The van der Waals surface area contributed by atoms with Crippen LogP contribution in [0.2, 0.25) is 10.0 Å². The molecule has 264 valence electrons. The molecule has 0 saturated heterocycles. The molecular formula is C36H40Cl2N6O6. The number of hydrogen-bond donors (Lipinski definition) is 6. The number of nitrogens with one attached hydrogen (secondary N) is 6. The van der Waals surface area contributed by atoms with Crippen molar-refractivity contribution < 1.29 is 28.7 Å². The number of aromatic amines is 2. The van der Waals surface area contributed by atoms with E-state index in [1.807, 2.05) is 38.1 Å². The Kier molecular flexibility index (Phi) is 11.8. The maximum absolute atomic E-state index is 13.3. The van der Waals surface area contributed by atoms with Crippen molar-refractivity contribution in [2.75, 3.05) is 13.6 Å². The fourth-order valence-electron chi connectivity index (χ4n) is 5.10. The van der Waals surface area contributed by atoms with E-state index in [0.717, 1.165) is 24.0 Å². The zero-order valence-corrected chi connectivity index (χ0v) is 29.6. The molecule has 14 heteroatoms. The molecule has 3 atom stereocenters. The van der Waals surface area contributed by atoms with Gasteiger partial charge in [-0.1, -0.05) is 47.5 Å². The Bertz CT molecular complexity index is 1830. The fourth-order valence-corrected chi connectivity index (χ4v) is 5.36. The summed E-state index contributed by atoms with van der Waals surface area (Å²) in [4.78, 5) is 57.7. The summed E-state index contributed by atoms with van der Waals surface area (Å²) in [5, 5.41) is 12.4. The lowest BCUT2D eigenvalue weighted by Crippen LogP contribution is -2.36. The molecule has 1 saturated carbocycles. The Morgan fingerprint density at radius 3 is 1.70 bits per heavy atom. The second-order valence-electron chi connectivity index (χ2n) is 12.2. The van der Waals surface area contributed by atoms with Crippen LogP contribution in [-0.2, 0) is 0 Å². The third-order valence-corrected chi connectivity index (χ3v) is 8.68. The Labute approximate surface area is 300 Å². The molecule has 2 aromatic carbocycles. The number of benzene rings is 2. The molecule has 5 rings (SSSR count). The van der Waals surface area contributed by atoms with Gasteiger partial charge in [-0.3, -0.25) is 19.2 Å². The third-order valence-electron chi connectivity index (χ3n) is 8.17. The van der Waals surface area contributed by atoms with Gasteiger partial charge in [0.15, 0.2) is 11.5 Å². The lowest BCUT2D eigenvalue weighted by atomic mass is 10.1. The van der Waals surface area contributed by atoms with Crippen molar-refractivity contribution in [3.63, 3.8) is 0 Å². The van der Waals surface area contributed by atoms with Gasteiger partial charge < -0.3 is 40.7 Å². The van der Waals surface area contributed by atoms with Gasteiger partial charge in [0, 0.05) is 47.9 Å². The molecule has 0 bridgehead atoms. The van der Waals surface area contributed by atoms with Crippen LogP contribution in [0.3, 0.4) is 0 Å². The van der Waals surface area contributed by atoms with E-state index in [1.165, 1.54) is 19.2 Å². The second-order valence-corrected chi connectivity index (χ2v) is 13.1. The summed E-state index contributed by atoms with van der Waals surface area (Å²) < 4.78 is 12.2. The Balaban J connectivity index is 1.20. The van der Waals surface area contributed by atoms with Crippen LogP contribution in [0.15, 0.2) is 60.7 Å². The monoisotopic (exact) mass is 722 g/mol. The van der Waals surface area contributed by atoms with Crippen LogP contribution in [0.1, 0.15) is 105 Å². The SMILES string of the molecule is CNC(=O)c1[nH]c(C(=O)NC(C)CCNC(=O)c2[nH]c(C(=O)NC3CC3)cc2OC(C)c2ccc(Cl)cc2)cc1OC(C)c1ccc(Cl)cc1. The van der Waals surface area contributed by atoms with Crippen molar-refractivity contribution in [3.05, 3.63) is 105 Å². The molecule has 2 aromatic heterocycles. The molecule has 6 N–H and O–H groups in total. The lowest BCUT2D eigenvalue weighted by Gasteiger charge is -2.16. The number of H-pyrrole nitrogens is 2. The van der Waals surface area contributed by atoms with Gasteiger partial charge in [0.05, 0.1) is 0 Å². The van der Waals surface area contributed by atoms with Crippen LogP contribution < -0.4 is 30.7 Å². The predicted molar refractivity (Wildman–Crippen MR) is 190 cm³/mol. The maximum atomic E-state index is 13.3. The minimum atomic E-state index is -0.469. The second kappa shape index (κ2) is 16.2. The van der Waals surface area contributed by atoms with Crippen LogP contribution in [0, 0.1) is 0 Å². The number of hydrogen-bond acceptors (Lipinski definition) is 6.